The molecule has 0 unspecified atom stereocenters. The van der Waals surface area contributed by atoms with Gasteiger partial charge in [0.1, 0.15) is 0 Å². The number of rotatable bonds is 6. The number of aryl methyl sites for hydroxylation is 1. The molecule has 0 aromatic heterocycles. The van der Waals surface area contributed by atoms with Gasteiger partial charge in [0.2, 0.25) is 0 Å². The molecule has 0 heterocycles. The molecule has 246 valence electrons. The molecule has 0 aliphatic heterocycles. The number of benzene rings is 4. The van der Waals surface area contributed by atoms with Gasteiger partial charge in [0.25, 0.3) is 0 Å². The summed E-state index contributed by atoms with van der Waals surface area (Å²) in [4.78, 5) is 0. The summed E-state index contributed by atoms with van der Waals surface area (Å²) in [5.41, 5.74) is 11.2. The second kappa shape index (κ2) is 19.1. The molecular weight excluding hydrogens is 707 g/mol. The monoisotopic (exact) mass is 754 g/mol. The van der Waals surface area contributed by atoms with Crippen LogP contribution in [-0.4, -0.2) is 5.43 Å². The molecule has 6 aromatic carbocycles. The van der Waals surface area contributed by atoms with Crippen molar-refractivity contribution < 1.29 is 48.1 Å². The predicted molar refractivity (Wildman–Crippen MR) is 199 cm³/mol. The zero-order valence-corrected chi connectivity index (χ0v) is 34.6. The first kappa shape index (κ1) is 41.0. The van der Waals surface area contributed by atoms with Crippen LogP contribution < -0.4 is 24.8 Å². The fourth-order valence-electron chi connectivity index (χ4n) is 5.69. The molecule has 0 N–H and O–H groups in total. The van der Waals surface area contributed by atoms with Crippen LogP contribution in [0.2, 0.25) is 13.1 Å². The van der Waals surface area contributed by atoms with Crippen molar-refractivity contribution in [3.8, 4) is 22.3 Å². The fraction of sp³-hybridized carbons (Fsp3) is 0.302. The van der Waals surface area contributed by atoms with E-state index in [2.05, 4.69) is 171 Å². The Bertz CT molecular complexity index is 1830. The first-order valence-electron chi connectivity index (χ1n) is 16.6. The van der Waals surface area contributed by atoms with Crippen LogP contribution in [0.15, 0.2) is 109 Å². The molecule has 0 fully saturated rings. The Balaban J connectivity index is 0.000000283. The van der Waals surface area contributed by atoms with Crippen LogP contribution in [0.5, 0.6) is 0 Å². The number of hydrogen-bond donors (Lipinski definition) is 0. The van der Waals surface area contributed by atoms with Crippen molar-refractivity contribution >= 4 is 27.0 Å². The Hall–Kier alpha value is -2.22. The van der Waals surface area contributed by atoms with Gasteiger partial charge in [0, 0.05) is 0 Å². The molecular formula is C43H50Cl2SiZr-2. The van der Waals surface area contributed by atoms with Gasteiger partial charge in [-0.25, -0.2) is 0 Å². The zero-order chi connectivity index (χ0) is 32.7. The van der Waals surface area contributed by atoms with Gasteiger partial charge in [-0.1, -0.05) is 120 Å². The maximum absolute atomic E-state index is 2.35. The summed E-state index contributed by atoms with van der Waals surface area (Å²) in [5, 5.41) is 5.46. The maximum Gasteiger partial charge on any atom is -1.00 e. The Labute approximate surface area is 312 Å². The van der Waals surface area contributed by atoms with E-state index in [1.807, 2.05) is 0 Å². The van der Waals surface area contributed by atoms with E-state index in [-0.39, 0.29) is 30.2 Å². The Morgan fingerprint density at radius 2 is 0.979 bits per heavy atom. The standard InChI is InChI=1S/C21H23.C20H21.C2H6Si.2ClH.Zr/c1-14(2)16-8-10-17(11-9-16)20-7-5-6-18-12-19(15(3)4)13-21(18)20;1-4-15-12-18-6-5-7-19(20(18)13-15)17-10-8-16(9-11-17)14(2)3;1-3-2;;;/h5-15H,1-4H3;5-14H,4H2,1-3H3;1-2H3;2*1H;/q2*-1;;;;+2/p-2. The molecule has 0 saturated carbocycles. The summed E-state index contributed by atoms with van der Waals surface area (Å²) in [7, 11) is 0. The van der Waals surface area contributed by atoms with Gasteiger partial charge in [-0.2, -0.15) is 12.1 Å². The van der Waals surface area contributed by atoms with E-state index in [1.165, 1.54) is 66.1 Å². The van der Waals surface area contributed by atoms with Crippen LogP contribution in [-0.2, 0) is 29.8 Å². The Kier molecular flexibility index (Phi) is 16.6. The molecule has 0 amide bonds. The molecule has 4 heteroatoms. The fourth-order valence-corrected chi connectivity index (χ4v) is 5.69. The minimum Gasteiger partial charge on any atom is -1.00 e. The van der Waals surface area contributed by atoms with Crippen LogP contribution in [0.25, 0.3) is 43.8 Å². The van der Waals surface area contributed by atoms with Gasteiger partial charge in [-0.15, -0.1) is 69.1 Å². The second-order valence-corrected chi connectivity index (χ2v) is 22.7. The van der Waals surface area contributed by atoms with Crippen molar-refractivity contribution in [2.45, 2.75) is 85.7 Å². The predicted octanol–water partition coefficient (Wildman–Crippen LogP) is 7.18. The van der Waals surface area contributed by atoms with Gasteiger partial charge < -0.3 is 24.8 Å². The van der Waals surface area contributed by atoms with Crippen molar-refractivity contribution in [1.29, 1.82) is 0 Å². The molecule has 0 atom stereocenters. The third-order valence-corrected chi connectivity index (χ3v) is 8.44. The average Bonchev–Trinajstić information content (AvgIpc) is 3.66. The SMILES string of the molecule is CC(C)c1ccc(-c2cccc3[cH-]c(C(C)C)cc23)cc1.CCc1cc2c(-c3ccc(C(C)C)cc3)cccc2[cH-]1.C[Si](C)=[Zr+2].[Cl-].[Cl-]. The van der Waals surface area contributed by atoms with Crippen molar-refractivity contribution in [1.82, 2.24) is 0 Å². The summed E-state index contributed by atoms with van der Waals surface area (Å²) in [5.74, 6) is 1.75. The Morgan fingerprint density at radius 3 is 1.36 bits per heavy atom. The van der Waals surface area contributed by atoms with Crippen LogP contribution in [0, 0.1) is 0 Å². The van der Waals surface area contributed by atoms with E-state index in [0.29, 0.717) is 17.8 Å². The number of halogens is 2. The molecule has 0 aliphatic carbocycles. The topological polar surface area (TPSA) is 0 Å². The molecule has 6 rings (SSSR count). The Morgan fingerprint density at radius 1 is 0.574 bits per heavy atom. The molecule has 0 radical (unpaired) electrons. The summed E-state index contributed by atoms with van der Waals surface area (Å²) in [6.45, 7) is 20.3. The quantitative estimate of drug-likeness (QED) is 0.125. The molecule has 0 nitrogen and oxygen atoms in total. The van der Waals surface area contributed by atoms with E-state index >= 15 is 0 Å². The summed E-state index contributed by atoms with van der Waals surface area (Å²) >= 11 is 1.74. The zero-order valence-electron chi connectivity index (χ0n) is 29.6. The van der Waals surface area contributed by atoms with Crippen LogP contribution in [0.4, 0.5) is 0 Å². The van der Waals surface area contributed by atoms with Crippen molar-refractivity contribution in [3.63, 3.8) is 0 Å². The first-order valence-corrected chi connectivity index (χ1v) is 22.8. The second-order valence-electron chi connectivity index (χ2n) is 13.3. The van der Waals surface area contributed by atoms with E-state index in [1.54, 1.807) is 23.3 Å². The van der Waals surface area contributed by atoms with E-state index in [9.17, 15) is 0 Å². The van der Waals surface area contributed by atoms with Crippen molar-refractivity contribution in [2.24, 2.45) is 0 Å². The number of hydrogen-bond acceptors (Lipinski definition) is 0. The maximum atomic E-state index is 2.35. The first-order chi connectivity index (χ1) is 21.5. The van der Waals surface area contributed by atoms with Crippen molar-refractivity contribution in [3.05, 3.63) is 131 Å². The summed E-state index contributed by atoms with van der Waals surface area (Å²) in [6.07, 6.45) is 1.10. The van der Waals surface area contributed by atoms with Crippen LogP contribution >= 0.6 is 0 Å². The van der Waals surface area contributed by atoms with Gasteiger partial charge in [-0.05, 0) is 46.4 Å². The third kappa shape index (κ3) is 10.9. The molecule has 0 bridgehead atoms. The van der Waals surface area contributed by atoms with Crippen LogP contribution in [0.1, 0.15) is 88.5 Å². The van der Waals surface area contributed by atoms with E-state index in [4.69, 9.17) is 0 Å². The minimum absolute atomic E-state index is 0. The van der Waals surface area contributed by atoms with Gasteiger partial charge in [-0.3, -0.25) is 0 Å². The third-order valence-electron chi connectivity index (χ3n) is 8.44. The minimum atomic E-state index is 0. The summed E-state index contributed by atoms with van der Waals surface area (Å²) < 4.78 is 0. The largest absolute Gasteiger partial charge is 1.00 e. The van der Waals surface area contributed by atoms with Gasteiger partial charge in [0.15, 0.2) is 0 Å². The molecule has 6 aromatic rings. The smallest absolute Gasteiger partial charge is 1.00 e. The van der Waals surface area contributed by atoms with E-state index < -0.39 is 0 Å². The van der Waals surface area contributed by atoms with Gasteiger partial charge in [0.05, 0.1) is 0 Å². The summed E-state index contributed by atoms with van der Waals surface area (Å²) in [6, 6.07) is 40.6. The molecule has 0 saturated heterocycles. The number of fused-ring (bicyclic) bond motifs is 2. The molecule has 0 spiro atoms. The molecule has 0 aliphatic rings. The van der Waals surface area contributed by atoms with Crippen LogP contribution in [0.3, 0.4) is 0 Å². The normalized spacial score (nSPS) is 10.7. The van der Waals surface area contributed by atoms with Crippen molar-refractivity contribution in [2.75, 3.05) is 0 Å². The van der Waals surface area contributed by atoms with Gasteiger partial charge >= 0.3 is 41.9 Å². The van der Waals surface area contributed by atoms with E-state index in [0.717, 1.165) is 6.42 Å². The molecule has 47 heavy (non-hydrogen) atoms. The average molecular weight is 757 g/mol.